The van der Waals surface area contributed by atoms with Crippen LogP contribution in [0.5, 0.6) is 0 Å². The lowest BCUT2D eigenvalue weighted by Gasteiger charge is -2.03. The SMILES string of the molecule is O=C(N/N=C\c1cccc2cccnc12)c1cc([N+](=O)[O-])nn1Cc1ccc(Cl)cc1. The minimum absolute atomic E-state index is 0.00912. The van der Waals surface area contributed by atoms with Gasteiger partial charge in [-0.1, -0.05) is 48.0 Å². The average Bonchev–Trinajstić information content (AvgIpc) is 3.20. The maximum absolute atomic E-state index is 12.7. The zero-order valence-corrected chi connectivity index (χ0v) is 16.7. The fourth-order valence-corrected chi connectivity index (χ4v) is 3.13. The summed E-state index contributed by atoms with van der Waals surface area (Å²) in [5, 5.41) is 20.6. The number of fused-ring (bicyclic) bond motifs is 1. The summed E-state index contributed by atoms with van der Waals surface area (Å²) in [4.78, 5) is 27.5. The van der Waals surface area contributed by atoms with Crippen LogP contribution < -0.4 is 5.43 Å². The number of halogens is 1. The fourth-order valence-electron chi connectivity index (χ4n) is 3.01. The standard InChI is InChI=1S/C21H15ClN6O3/c22-17-8-6-14(7-9-17)13-27-18(11-19(26-27)28(30)31)21(29)25-24-12-16-4-1-3-15-5-2-10-23-20(15)16/h1-12H,13H2,(H,25,29)/b24-12-. The summed E-state index contributed by atoms with van der Waals surface area (Å²) in [6.07, 6.45) is 3.15. The van der Waals surface area contributed by atoms with Gasteiger partial charge in [0.05, 0.1) is 29.4 Å². The molecule has 0 aliphatic carbocycles. The molecule has 4 aromatic rings. The third kappa shape index (κ3) is 4.57. The number of amides is 1. The number of pyridine rings is 1. The Hall–Kier alpha value is -4.11. The summed E-state index contributed by atoms with van der Waals surface area (Å²) in [6.45, 7) is 0.157. The highest BCUT2D eigenvalue weighted by Crippen LogP contribution is 2.16. The number of carbonyl (C=O) groups is 1. The van der Waals surface area contributed by atoms with Crippen molar-refractivity contribution in [3.8, 4) is 0 Å². The molecule has 0 unspecified atom stereocenters. The molecule has 2 aromatic heterocycles. The Balaban J connectivity index is 1.56. The summed E-state index contributed by atoms with van der Waals surface area (Å²) < 4.78 is 1.26. The Morgan fingerprint density at radius 3 is 2.74 bits per heavy atom. The number of benzene rings is 2. The van der Waals surface area contributed by atoms with Crippen LogP contribution in [0.25, 0.3) is 10.9 Å². The van der Waals surface area contributed by atoms with Gasteiger partial charge in [-0.05, 0) is 28.7 Å². The number of hydrazone groups is 1. The largest absolute Gasteiger partial charge is 0.390 e. The van der Waals surface area contributed by atoms with Gasteiger partial charge in [0.2, 0.25) is 0 Å². The molecule has 1 amide bonds. The second kappa shape index (κ2) is 8.72. The van der Waals surface area contributed by atoms with Gasteiger partial charge in [0.25, 0.3) is 5.91 Å². The Morgan fingerprint density at radius 2 is 1.97 bits per heavy atom. The molecule has 0 spiro atoms. The first-order chi connectivity index (χ1) is 15.0. The number of nitro groups is 1. The molecular weight excluding hydrogens is 420 g/mol. The molecule has 0 aliphatic heterocycles. The number of hydrogen-bond acceptors (Lipinski definition) is 6. The molecule has 0 bridgehead atoms. The summed E-state index contributed by atoms with van der Waals surface area (Å²) in [5.74, 6) is -1.06. The second-order valence-electron chi connectivity index (χ2n) is 6.55. The molecule has 154 valence electrons. The van der Waals surface area contributed by atoms with Crippen molar-refractivity contribution in [3.05, 3.63) is 98.8 Å². The van der Waals surface area contributed by atoms with Crippen LogP contribution in [0.15, 0.2) is 72.0 Å². The van der Waals surface area contributed by atoms with Gasteiger partial charge in [0, 0.05) is 22.2 Å². The lowest BCUT2D eigenvalue weighted by atomic mass is 10.1. The van der Waals surface area contributed by atoms with E-state index in [-0.39, 0.29) is 12.2 Å². The van der Waals surface area contributed by atoms with Crippen LogP contribution in [0.1, 0.15) is 21.6 Å². The molecule has 31 heavy (non-hydrogen) atoms. The molecule has 0 fully saturated rings. The van der Waals surface area contributed by atoms with Gasteiger partial charge in [-0.25, -0.2) is 5.43 Å². The monoisotopic (exact) mass is 434 g/mol. The van der Waals surface area contributed by atoms with Crippen molar-refractivity contribution in [2.24, 2.45) is 5.10 Å². The molecule has 0 saturated heterocycles. The van der Waals surface area contributed by atoms with Gasteiger partial charge in [-0.15, -0.1) is 0 Å². The first kappa shape index (κ1) is 20.2. The van der Waals surface area contributed by atoms with Crippen LogP contribution >= 0.6 is 11.6 Å². The molecule has 1 N–H and O–H groups in total. The van der Waals surface area contributed by atoms with E-state index in [0.29, 0.717) is 5.02 Å². The van der Waals surface area contributed by atoms with Crippen molar-refractivity contribution in [1.29, 1.82) is 0 Å². The Labute approximate surface area is 181 Å². The molecule has 4 rings (SSSR count). The predicted octanol–water partition coefficient (Wildman–Crippen LogP) is 3.81. The number of aromatic nitrogens is 3. The average molecular weight is 435 g/mol. The topological polar surface area (TPSA) is 115 Å². The predicted molar refractivity (Wildman–Crippen MR) is 116 cm³/mol. The van der Waals surface area contributed by atoms with Crippen molar-refractivity contribution in [2.75, 3.05) is 0 Å². The maximum Gasteiger partial charge on any atom is 0.390 e. The quantitative estimate of drug-likeness (QED) is 0.281. The van der Waals surface area contributed by atoms with Crippen LogP contribution in [0.2, 0.25) is 5.02 Å². The van der Waals surface area contributed by atoms with Crippen LogP contribution in [0.3, 0.4) is 0 Å². The third-order valence-corrected chi connectivity index (χ3v) is 4.72. The molecule has 0 atom stereocenters. The fraction of sp³-hybridized carbons (Fsp3) is 0.0476. The van der Waals surface area contributed by atoms with E-state index in [1.54, 1.807) is 30.5 Å². The molecule has 0 saturated carbocycles. The molecule has 9 nitrogen and oxygen atoms in total. The van der Waals surface area contributed by atoms with E-state index in [0.717, 1.165) is 28.1 Å². The summed E-state index contributed by atoms with van der Waals surface area (Å²) >= 11 is 5.89. The first-order valence-corrected chi connectivity index (χ1v) is 9.53. The van der Waals surface area contributed by atoms with Gasteiger partial charge in [-0.2, -0.15) is 9.78 Å². The van der Waals surface area contributed by atoms with Gasteiger partial charge >= 0.3 is 5.82 Å². The second-order valence-corrected chi connectivity index (χ2v) is 6.99. The molecule has 0 aliphatic rings. The van der Waals surface area contributed by atoms with Crippen LogP contribution in [-0.2, 0) is 6.54 Å². The van der Waals surface area contributed by atoms with Crippen LogP contribution in [-0.4, -0.2) is 31.8 Å². The highest BCUT2D eigenvalue weighted by Gasteiger charge is 2.23. The zero-order valence-electron chi connectivity index (χ0n) is 16.0. The normalized spacial score (nSPS) is 11.1. The Kier molecular flexibility index (Phi) is 5.67. The van der Waals surface area contributed by atoms with E-state index in [1.165, 1.54) is 10.9 Å². The van der Waals surface area contributed by atoms with E-state index >= 15 is 0 Å². The first-order valence-electron chi connectivity index (χ1n) is 9.15. The van der Waals surface area contributed by atoms with Crippen LogP contribution in [0.4, 0.5) is 5.82 Å². The van der Waals surface area contributed by atoms with Crippen molar-refractivity contribution in [1.82, 2.24) is 20.2 Å². The maximum atomic E-state index is 12.7. The number of nitrogens with one attached hydrogen (secondary N) is 1. The van der Waals surface area contributed by atoms with Crippen molar-refractivity contribution < 1.29 is 9.72 Å². The third-order valence-electron chi connectivity index (χ3n) is 4.47. The lowest BCUT2D eigenvalue weighted by Crippen LogP contribution is -2.22. The molecule has 0 radical (unpaired) electrons. The van der Waals surface area contributed by atoms with E-state index in [1.807, 2.05) is 30.3 Å². The molecule has 2 aromatic carbocycles. The van der Waals surface area contributed by atoms with Crippen LogP contribution in [0, 0.1) is 10.1 Å². The highest BCUT2D eigenvalue weighted by atomic mass is 35.5. The number of carbonyl (C=O) groups excluding carboxylic acids is 1. The van der Waals surface area contributed by atoms with E-state index in [4.69, 9.17) is 11.6 Å². The van der Waals surface area contributed by atoms with Gasteiger partial charge in [0.15, 0.2) is 5.69 Å². The number of hydrogen-bond donors (Lipinski definition) is 1. The number of rotatable bonds is 6. The number of para-hydroxylation sites is 1. The van der Waals surface area contributed by atoms with Crippen molar-refractivity contribution in [3.63, 3.8) is 0 Å². The summed E-state index contributed by atoms with van der Waals surface area (Å²) in [6, 6.07) is 17.4. The molecule has 2 heterocycles. The van der Waals surface area contributed by atoms with Gasteiger partial charge < -0.3 is 10.1 Å². The zero-order chi connectivity index (χ0) is 21.8. The van der Waals surface area contributed by atoms with Gasteiger partial charge in [0.1, 0.15) is 0 Å². The summed E-state index contributed by atoms with van der Waals surface area (Å²) in [5.41, 5.74) is 4.65. The molecular formula is C21H15ClN6O3. The molecule has 10 heteroatoms. The van der Waals surface area contributed by atoms with E-state index in [9.17, 15) is 14.9 Å². The number of nitrogens with zero attached hydrogens (tertiary/aromatic N) is 5. The van der Waals surface area contributed by atoms with E-state index < -0.39 is 16.6 Å². The minimum atomic E-state index is -0.653. The smallest absolute Gasteiger partial charge is 0.358 e. The van der Waals surface area contributed by atoms with Gasteiger partial charge in [-0.3, -0.25) is 9.78 Å². The highest BCUT2D eigenvalue weighted by molar-refractivity contribution is 6.30. The lowest BCUT2D eigenvalue weighted by molar-refractivity contribution is -0.389. The minimum Gasteiger partial charge on any atom is -0.358 e. The van der Waals surface area contributed by atoms with Crippen molar-refractivity contribution in [2.45, 2.75) is 6.54 Å². The summed E-state index contributed by atoms with van der Waals surface area (Å²) in [7, 11) is 0. The van der Waals surface area contributed by atoms with E-state index in [2.05, 4.69) is 20.6 Å². The Morgan fingerprint density at radius 1 is 1.19 bits per heavy atom. The van der Waals surface area contributed by atoms with Crippen molar-refractivity contribution >= 4 is 40.4 Å². The Bertz CT molecular complexity index is 1290.